The standard InChI is InChI=1S/C15H18ClNO4/c1-2-3-4-11(15(19)20)17-14(18)13-8-9-7-10(16)5-6-12(9)21-13/h5-7,11,13H,2-4,8H2,1H3,(H,17,18)(H,19,20)/t11-,13?/m0/s1. The minimum Gasteiger partial charge on any atom is -0.480 e. The molecule has 5 nitrogen and oxygen atoms in total. The van der Waals surface area contributed by atoms with Gasteiger partial charge in [0.2, 0.25) is 0 Å². The number of aliphatic carboxylic acids is 1. The van der Waals surface area contributed by atoms with Gasteiger partial charge in [-0.3, -0.25) is 4.79 Å². The van der Waals surface area contributed by atoms with Gasteiger partial charge in [-0.2, -0.15) is 0 Å². The molecule has 1 aromatic rings. The molecule has 2 rings (SSSR count). The molecular formula is C15H18ClNO4. The molecule has 1 amide bonds. The normalized spacial score (nSPS) is 17.7. The molecular weight excluding hydrogens is 294 g/mol. The van der Waals surface area contributed by atoms with Gasteiger partial charge in [0.05, 0.1) is 0 Å². The number of rotatable bonds is 6. The molecule has 0 saturated carbocycles. The summed E-state index contributed by atoms with van der Waals surface area (Å²) in [5.74, 6) is -0.791. The highest BCUT2D eigenvalue weighted by Gasteiger charge is 2.31. The Morgan fingerprint density at radius 2 is 2.29 bits per heavy atom. The molecule has 6 heteroatoms. The number of amides is 1. The number of fused-ring (bicyclic) bond motifs is 1. The zero-order valence-corrected chi connectivity index (χ0v) is 12.5. The fourth-order valence-electron chi connectivity index (χ4n) is 2.29. The third kappa shape index (κ3) is 3.88. The topological polar surface area (TPSA) is 75.6 Å². The minimum atomic E-state index is -1.02. The van der Waals surface area contributed by atoms with E-state index in [4.69, 9.17) is 21.4 Å². The van der Waals surface area contributed by atoms with Crippen LogP contribution >= 0.6 is 11.6 Å². The first-order chi connectivity index (χ1) is 10.0. The second-order valence-electron chi connectivity index (χ2n) is 5.10. The summed E-state index contributed by atoms with van der Waals surface area (Å²) in [6.07, 6.45) is 1.76. The molecule has 0 saturated heterocycles. The van der Waals surface area contributed by atoms with Gasteiger partial charge in [0.25, 0.3) is 5.91 Å². The molecule has 1 aromatic carbocycles. The van der Waals surface area contributed by atoms with E-state index in [9.17, 15) is 9.59 Å². The molecule has 2 atom stereocenters. The zero-order chi connectivity index (χ0) is 15.4. The molecule has 21 heavy (non-hydrogen) atoms. The molecule has 0 aromatic heterocycles. The number of carboxylic acid groups (broad SMARTS) is 1. The minimum absolute atomic E-state index is 0.397. The van der Waals surface area contributed by atoms with E-state index in [1.54, 1.807) is 18.2 Å². The highest BCUT2D eigenvalue weighted by atomic mass is 35.5. The van der Waals surface area contributed by atoms with Crippen LogP contribution in [0.1, 0.15) is 31.7 Å². The van der Waals surface area contributed by atoms with Crippen LogP contribution in [0.25, 0.3) is 0 Å². The average Bonchev–Trinajstić information content (AvgIpc) is 2.85. The van der Waals surface area contributed by atoms with Crippen molar-refractivity contribution in [1.29, 1.82) is 0 Å². The van der Waals surface area contributed by atoms with Gasteiger partial charge in [0.1, 0.15) is 11.8 Å². The van der Waals surface area contributed by atoms with Crippen molar-refractivity contribution in [1.82, 2.24) is 5.32 Å². The Morgan fingerprint density at radius 3 is 2.95 bits per heavy atom. The third-order valence-corrected chi connectivity index (χ3v) is 3.69. The van der Waals surface area contributed by atoms with Crippen molar-refractivity contribution in [2.75, 3.05) is 0 Å². The van der Waals surface area contributed by atoms with E-state index in [0.717, 1.165) is 18.4 Å². The number of hydrogen-bond donors (Lipinski definition) is 2. The summed E-state index contributed by atoms with van der Waals surface area (Å²) in [6, 6.07) is 4.31. The molecule has 0 radical (unpaired) electrons. The zero-order valence-electron chi connectivity index (χ0n) is 11.8. The van der Waals surface area contributed by atoms with Crippen molar-refractivity contribution in [3.63, 3.8) is 0 Å². The fourth-order valence-corrected chi connectivity index (χ4v) is 2.49. The van der Waals surface area contributed by atoms with Gasteiger partial charge in [-0.05, 0) is 30.2 Å². The smallest absolute Gasteiger partial charge is 0.326 e. The van der Waals surface area contributed by atoms with Crippen molar-refractivity contribution < 1.29 is 19.4 Å². The number of hydrogen-bond acceptors (Lipinski definition) is 3. The van der Waals surface area contributed by atoms with Crippen LogP contribution in [0, 0.1) is 0 Å². The van der Waals surface area contributed by atoms with Crippen LogP contribution in [-0.2, 0) is 16.0 Å². The van der Waals surface area contributed by atoms with Crippen molar-refractivity contribution in [3.8, 4) is 5.75 Å². The van der Waals surface area contributed by atoms with Gasteiger partial charge in [0, 0.05) is 11.4 Å². The lowest BCUT2D eigenvalue weighted by Crippen LogP contribution is -2.46. The summed E-state index contributed by atoms with van der Waals surface area (Å²) in [5, 5.41) is 12.3. The Hall–Kier alpha value is -1.75. The first kappa shape index (κ1) is 15.6. The number of benzene rings is 1. The highest BCUT2D eigenvalue weighted by molar-refractivity contribution is 6.30. The van der Waals surface area contributed by atoms with Crippen LogP contribution in [0.4, 0.5) is 0 Å². The lowest BCUT2D eigenvalue weighted by molar-refractivity contribution is -0.143. The molecule has 1 heterocycles. The van der Waals surface area contributed by atoms with E-state index in [1.165, 1.54) is 0 Å². The summed E-state index contributed by atoms with van der Waals surface area (Å²) in [5.41, 5.74) is 0.864. The number of nitrogens with one attached hydrogen (secondary N) is 1. The molecule has 1 unspecified atom stereocenters. The lowest BCUT2D eigenvalue weighted by Gasteiger charge is -2.17. The monoisotopic (exact) mass is 311 g/mol. The second-order valence-corrected chi connectivity index (χ2v) is 5.54. The van der Waals surface area contributed by atoms with Crippen molar-refractivity contribution in [2.45, 2.75) is 44.8 Å². The van der Waals surface area contributed by atoms with E-state index >= 15 is 0 Å². The van der Waals surface area contributed by atoms with Crippen LogP contribution in [0.5, 0.6) is 5.75 Å². The number of carbonyl (C=O) groups excluding carboxylic acids is 1. The first-order valence-electron chi connectivity index (χ1n) is 6.99. The van der Waals surface area contributed by atoms with Gasteiger partial charge in [-0.1, -0.05) is 31.4 Å². The van der Waals surface area contributed by atoms with Gasteiger partial charge < -0.3 is 15.2 Å². The fraction of sp³-hybridized carbons (Fsp3) is 0.467. The van der Waals surface area contributed by atoms with E-state index < -0.39 is 24.0 Å². The maximum absolute atomic E-state index is 12.1. The molecule has 1 aliphatic rings. The molecule has 0 fully saturated rings. The Balaban J connectivity index is 1.97. The molecule has 1 aliphatic heterocycles. The van der Waals surface area contributed by atoms with Gasteiger partial charge in [-0.25, -0.2) is 4.79 Å². The largest absolute Gasteiger partial charge is 0.480 e. The summed E-state index contributed by atoms with van der Waals surface area (Å²) in [6.45, 7) is 1.97. The maximum atomic E-state index is 12.1. The average molecular weight is 312 g/mol. The maximum Gasteiger partial charge on any atom is 0.326 e. The molecule has 2 N–H and O–H groups in total. The summed E-state index contributed by atoms with van der Waals surface area (Å²) in [4.78, 5) is 23.3. The van der Waals surface area contributed by atoms with Gasteiger partial charge in [0.15, 0.2) is 6.10 Å². The van der Waals surface area contributed by atoms with Crippen molar-refractivity contribution in [3.05, 3.63) is 28.8 Å². The van der Waals surface area contributed by atoms with Crippen LogP contribution in [0.2, 0.25) is 5.02 Å². The van der Waals surface area contributed by atoms with Gasteiger partial charge in [-0.15, -0.1) is 0 Å². The van der Waals surface area contributed by atoms with Crippen LogP contribution in [-0.4, -0.2) is 29.1 Å². The molecule has 0 aliphatic carbocycles. The quantitative estimate of drug-likeness (QED) is 0.846. The Labute approximate surface area is 128 Å². The van der Waals surface area contributed by atoms with Crippen molar-refractivity contribution in [2.24, 2.45) is 0 Å². The summed E-state index contributed by atoms with van der Waals surface area (Å²) < 4.78 is 5.55. The Kier molecular flexibility index (Phi) is 5.07. The number of carbonyl (C=O) groups is 2. The first-order valence-corrected chi connectivity index (χ1v) is 7.37. The number of halogens is 1. The number of carboxylic acids is 1. The predicted octanol–water partition coefficient (Wildman–Crippen LogP) is 2.40. The van der Waals surface area contributed by atoms with Gasteiger partial charge >= 0.3 is 5.97 Å². The van der Waals surface area contributed by atoms with E-state index in [0.29, 0.717) is 23.6 Å². The summed E-state index contributed by atoms with van der Waals surface area (Å²) >= 11 is 5.90. The lowest BCUT2D eigenvalue weighted by atomic mass is 10.1. The van der Waals surface area contributed by atoms with Crippen LogP contribution in [0.3, 0.4) is 0 Å². The Bertz CT molecular complexity index is 546. The number of ether oxygens (including phenoxy) is 1. The predicted molar refractivity (Wildman–Crippen MR) is 78.7 cm³/mol. The molecule has 0 bridgehead atoms. The third-order valence-electron chi connectivity index (χ3n) is 3.45. The second kappa shape index (κ2) is 6.80. The molecule has 114 valence electrons. The highest BCUT2D eigenvalue weighted by Crippen LogP contribution is 2.31. The Morgan fingerprint density at radius 1 is 1.52 bits per heavy atom. The molecule has 0 spiro atoms. The van der Waals surface area contributed by atoms with Crippen LogP contribution in [0.15, 0.2) is 18.2 Å². The van der Waals surface area contributed by atoms with E-state index in [-0.39, 0.29) is 0 Å². The van der Waals surface area contributed by atoms with E-state index in [2.05, 4.69) is 5.32 Å². The summed E-state index contributed by atoms with van der Waals surface area (Å²) in [7, 11) is 0. The SMILES string of the molecule is CCCC[C@H](NC(=O)C1Cc2cc(Cl)ccc2O1)C(=O)O. The van der Waals surface area contributed by atoms with Crippen LogP contribution < -0.4 is 10.1 Å². The number of unbranched alkanes of at least 4 members (excludes halogenated alkanes) is 1. The van der Waals surface area contributed by atoms with Crippen molar-refractivity contribution >= 4 is 23.5 Å². The van der Waals surface area contributed by atoms with E-state index in [1.807, 2.05) is 6.92 Å².